The number of halogens is 1. The predicted molar refractivity (Wildman–Crippen MR) is 84.9 cm³/mol. The van der Waals surface area contributed by atoms with E-state index in [0.717, 1.165) is 27.5 Å². The molecule has 0 saturated heterocycles. The third-order valence-electron chi connectivity index (χ3n) is 3.17. The van der Waals surface area contributed by atoms with E-state index in [4.69, 9.17) is 5.26 Å². The highest BCUT2D eigenvalue weighted by atomic mass is 79.9. The van der Waals surface area contributed by atoms with Gasteiger partial charge in [0.25, 0.3) is 0 Å². The molecule has 0 bridgehead atoms. The van der Waals surface area contributed by atoms with Gasteiger partial charge in [0.05, 0.1) is 17.3 Å². The van der Waals surface area contributed by atoms with E-state index in [1.165, 1.54) is 0 Å². The first-order valence-electron chi connectivity index (χ1n) is 5.99. The van der Waals surface area contributed by atoms with Crippen molar-refractivity contribution in [3.05, 3.63) is 47.1 Å². The zero-order valence-electron chi connectivity index (χ0n) is 10.7. The lowest BCUT2D eigenvalue weighted by Gasteiger charge is -2.18. The molecule has 0 radical (unpaired) electrons. The number of rotatable bonds is 3. The van der Waals surface area contributed by atoms with Crippen LogP contribution in [0.1, 0.15) is 11.3 Å². The first kappa shape index (κ1) is 13.2. The summed E-state index contributed by atoms with van der Waals surface area (Å²) in [5.74, 6) is 0.929. The normalized spacial score (nSPS) is 10.7. The van der Waals surface area contributed by atoms with E-state index in [1.807, 2.05) is 47.8 Å². The van der Waals surface area contributed by atoms with Crippen LogP contribution in [0.3, 0.4) is 0 Å². The Morgan fingerprint density at radius 2 is 2.15 bits per heavy atom. The highest BCUT2D eigenvalue weighted by Gasteiger charge is 2.16. The first-order valence-corrected chi connectivity index (χ1v) is 7.99. The van der Waals surface area contributed by atoms with Crippen molar-refractivity contribution in [3.63, 3.8) is 0 Å². The lowest BCUT2D eigenvalue weighted by molar-refractivity contribution is 1.09. The number of hydrogen-bond acceptors (Lipinski definition) is 4. The van der Waals surface area contributed by atoms with Gasteiger partial charge >= 0.3 is 0 Å². The molecule has 20 heavy (non-hydrogen) atoms. The van der Waals surface area contributed by atoms with E-state index in [0.29, 0.717) is 5.56 Å². The van der Waals surface area contributed by atoms with E-state index >= 15 is 0 Å². The monoisotopic (exact) mass is 346 g/mol. The van der Waals surface area contributed by atoms with Crippen molar-refractivity contribution in [1.29, 1.82) is 5.26 Å². The van der Waals surface area contributed by atoms with E-state index in [-0.39, 0.29) is 0 Å². The fraction of sp³-hybridized carbons (Fsp3) is 0.143. The first-order chi connectivity index (χ1) is 9.74. The maximum Gasteiger partial charge on any atom is 0.195 e. The molecule has 0 spiro atoms. The Hall–Kier alpha value is -1.84. The smallest absolute Gasteiger partial charge is 0.195 e. The number of hydrogen-bond donors (Lipinski definition) is 0. The minimum atomic E-state index is 0.661. The molecular formula is C14H11BrN4S. The zero-order chi connectivity index (χ0) is 14.1. The molecule has 2 aromatic heterocycles. The zero-order valence-corrected chi connectivity index (χ0v) is 13.1. The summed E-state index contributed by atoms with van der Waals surface area (Å²) in [6, 6.07) is 9.63. The second kappa shape index (κ2) is 5.27. The van der Waals surface area contributed by atoms with Crippen LogP contribution < -0.4 is 4.90 Å². The summed E-state index contributed by atoms with van der Waals surface area (Å²) in [5, 5.41) is 11.6. The van der Waals surface area contributed by atoms with Gasteiger partial charge in [-0.05, 0) is 24.3 Å². The van der Waals surface area contributed by atoms with Crippen molar-refractivity contribution in [3.8, 4) is 6.07 Å². The Bertz CT molecular complexity index is 782. The van der Waals surface area contributed by atoms with Crippen LogP contribution >= 0.6 is 27.3 Å². The molecule has 0 aliphatic carbocycles. The van der Waals surface area contributed by atoms with Gasteiger partial charge in [-0.1, -0.05) is 15.9 Å². The maximum absolute atomic E-state index is 8.85. The molecule has 100 valence electrons. The molecule has 0 amide bonds. The number of aromatic nitrogens is 2. The summed E-state index contributed by atoms with van der Waals surface area (Å²) >= 11 is 5.15. The Balaban J connectivity index is 2.04. The van der Waals surface area contributed by atoms with Gasteiger partial charge in [-0.3, -0.25) is 4.40 Å². The Morgan fingerprint density at radius 1 is 1.40 bits per heavy atom. The van der Waals surface area contributed by atoms with Crippen molar-refractivity contribution in [2.75, 3.05) is 11.9 Å². The lowest BCUT2D eigenvalue weighted by atomic mass is 10.2. The van der Waals surface area contributed by atoms with Gasteiger partial charge in [-0.25, -0.2) is 4.98 Å². The van der Waals surface area contributed by atoms with Crippen LogP contribution in [0.5, 0.6) is 0 Å². The molecule has 0 saturated carbocycles. The fourth-order valence-electron chi connectivity index (χ4n) is 2.10. The molecule has 1 aromatic carbocycles. The molecule has 0 unspecified atom stereocenters. The minimum Gasteiger partial charge on any atom is -0.328 e. The number of benzene rings is 1. The molecular weight excluding hydrogens is 336 g/mol. The summed E-state index contributed by atoms with van der Waals surface area (Å²) in [6.07, 6.45) is 2.03. The molecule has 4 nitrogen and oxygen atoms in total. The van der Waals surface area contributed by atoms with Crippen LogP contribution in [-0.2, 0) is 5.33 Å². The van der Waals surface area contributed by atoms with Crippen molar-refractivity contribution < 1.29 is 0 Å². The van der Waals surface area contributed by atoms with Crippen LogP contribution in [0, 0.1) is 11.3 Å². The minimum absolute atomic E-state index is 0.661. The Morgan fingerprint density at radius 3 is 2.80 bits per heavy atom. The lowest BCUT2D eigenvalue weighted by Crippen LogP contribution is -2.11. The summed E-state index contributed by atoms with van der Waals surface area (Å²) < 4.78 is 2.09. The van der Waals surface area contributed by atoms with E-state index < -0.39 is 0 Å². The molecule has 0 N–H and O–H groups in total. The average molecular weight is 347 g/mol. The molecule has 0 atom stereocenters. The van der Waals surface area contributed by atoms with Gasteiger partial charge in [0, 0.05) is 29.6 Å². The van der Waals surface area contributed by atoms with Crippen molar-refractivity contribution in [2.24, 2.45) is 0 Å². The highest BCUT2D eigenvalue weighted by molar-refractivity contribution is 9.08. The summed E-state index contributed by atoms with van der Waals surface area (Å²) in [5.41, 5.74) is 2.79. The maximum atomic E-state index is 8.85. The number of nitriles is 1. The molecule has 0 aliphatic rings. The van der Waals surface area contributed by atoms with Gasteiger partial charge in [0.2, 0.25) is 0 Å². The van der Waals surface area contributed by atoms with Crippen molar-refractivity contribution >= 4 is 43.7 Å². The summed E-state index contributed by atoms with van der Waals surface area (Å²) in [4.78, 5) is 7.70. The molecule has 2 heterocycles. The van der Waals surface area contributed by atoms with Crippen LogP contribution in [0.25, 0.3) is 4.96 Å². The number of nitrogens with zero attached hydrogens (tertiary/aromatic N) is 4. The Labute approximate surface area is 129 Å². The predicted octanol–water partition coefficient (Wildman–Crippen LogP) is 3.93. The van der Waals surface area contributed by atoms with Gasteiger partial charge in [-0.15, -0.1) is 11.3 Å². The van der Waals surface area contributed by atoms with Gasteiger partial charge in [-0.2, -0.15) is 5.26 Å². The molecule has 3 rings (SSSR count). The van der Waals surface area contributed by atoms with E-state index in [9.17, 15) is 0 Å². The third-order valence-corrected chi connectivity index (χ3v) is 4.46. The van der Waals surface area contributed by atoms with Crippen LogP contribution in [0.15, 0.2) is 35.8 Å². The van der Waals surface area contributed by atoms with Gasteiger partial charge in [0.15, 0.2) is 10.8 Å². The SMILES string of the molecule is CN(c1ccc(C#N)cc1)c1nc2sccn2c1CBr. The second-order valence-electron chi connectivity index (χ2n) is 4.29. The van der Waals surface area contributed by atoms with Gasteiger partial charge < -0.3 is 4.90 Å². The largest absolute Gasteiger partial charge is 0.328 e. The summed E-state index contributed by atoms with van der Waals surface area (Å²) in [7, 11) is 1.99. The number of imidazole rings is 1. The average Bonchev–Trinajstić information content (AvgIpc) is 3.06. The Kier molecular flexibility index (Phi) is 3.47. The fourth-order valence-corrected chi connectivity index (χ4v) is 3.34. The van der Waals surface area contributed by atoms with Crippen LogP contribution in [0.4, 0.5) is 11.5 Å². The van der Waals surface area contributed by atoms with E-state index in [2.05, 4.69) is 31.4 Å². The van der Waals surface area contributed by atoms with Crippen molar-refractivity contribution in [2.45, 2.75) is 5.33 Å². The number of anilines is 2. The van der Waals surface area contributed by atoms with Gasteiger partial charge in [0.1, 0.15) is 0 Å². The standard InChI is InChI=1S/C14H11BrN4S/c1-18(11-4-2-10(9-16)3-5-11)13-12(8-15)19-6-7-20-14(19)17-13/h2-7H,8H2,1H3. The van der Waals surface area contributed by atoms with E-state index in [1.54, 1.807) is 11.3 Å². The quantitative estimate of drug-likeness (QED) is 0.675. The third kappa shape index (κ3) is 2.09. The van der Waals surface area contributed by atoms with Crippen LogP contribution in [0.2, 0.25) is 0 Å². The summed E-state index contributed by atoms with van der Waals surface area (Å²) in [6.45, 7) is 0. The number of thiazole rings is 1. The molecule has 0 aliphatic heterocycles. The topological polar surface area (TPSA) is 44.3 Å². The second-order valence-corrected chi connectivity index (χ2v) is 5.72. The molecule has 3 aromatic rings. The molecule has 0 fully saturated rings. The molecule has 6 heteroatoms. The highest BCUT2D eigenvalue weighted by Crippen LogP contribution is 2.30. The van der Waals surface area contributed by atoms with Crippen LogP contribution in [-0.4, -0.2) is 16.4 Å². The van der Waals surface area contributed by atoms with Crippen molar-refractivity contribution in [1.82, 2.24) is 9.38 Å². The number of fused-ring (bicyclic) bond motifs is 1. The number of alkyl halides is 1.